The van der Waals surface area contributed by atoms with Gasteiger partial charge in [0.2, 0.25) is 0 Å². The normalized spacial score (nSPS) is 15.0. The van der Waals surface area contributed by atoms with E-state index in [9.17, 15) is 0 Å². The first kappa shape index (κ1) is 34.3. The van der Waals surface area contributed by atoms with Gasteiger partial charge in [-0.1, -0.05) is 141 Å². The molecule has 272 valence electrons. The van der Waals surface area contributed by atoms with Crippen molar-refractivity contribution in [3.63, 3.8) is 0 Å². The second kappa shape index (κ2) is 14.1. The van der Waals surface area contributed by atoms with Crippen LogP contribution in [-0.4, -0.2) is 4.98 Å². The summed E-state index contributed by atoms with van der Waals surface area (Å²) < 4.78 is 0. The number of hydrogen-bond donors (Lipinski definition) is 1. The van der Waals surface area contributed by atoms with Crippen LogP contribution in [0.5, 0.6) is 0 Å². The van der Waals surface area contributed by atoms with Crippen LogP contribution in [0.1, 0.15) is 30.5 Å². The Morgan fingerprint density at radius 2 is 1.25 bits per heavy atom. The SMILES string of the molecule is CC1(C)C2=C(/C=C\C=C\Nc3ccc(-c4cccc(-c5ccccc5N(c5ccccc5)c5ccc6cnccc6c5)c4)cc3-c3ccccc32)c2ccccc21. The van der Waals surface area contributed by atoms with Crippen LogP contribution in [0.3, 0.4) is 0 Å². The highest BCUT2D eigenvalue weighted by molar-refractivity contribution is 6.08. The van der Waals surface area contributed by atoms with Gasteiger partial charge in [0.05, 0.1) is 5.69 Å². The van der Waals surface area contributed by atoms with Crippen molar-refractivity contribution in [2.75, 3.05) is 10.2 Å². The van der Waals surface area contributed by atoms with Crippen molar-refractivity contribution in [1.82, 2.24) is 4.98 Å². The van der Waals surface area contributed by atoms with E-state index in [2.05, 4.69) is 217 Å². The van der Waals surface area contributed by atoms with Gasteiger partial charge < -0.3 is 10.2 Å². The van der Waals surface area contributed by atoms with Crippen molar-refractivity contribution in [3.8, 4) is 33.4 Å². The Kier molecular flexibility index (Phi) is 8.49. The molecular formula is C54H41N3. The minimum Gasteiger partial charge on any atom is -0.361 e. The average molecular weight is 732 g/mol. The summed E-state index contributed by atoms with van der Waals surface area (Å²) >= 11 is 0. The summed E-state index contributed by atoms with van der Waals surface area (Å²) in [4.78, 5) is 6.71. The van der Waals surface area contributed by atoms with Gasteiger partial charge in [-0.05, 0) is 116 Å². The van der Waals surface area contributed by atoms with Gasteiger partial charge in [0.25, 0.3) is 0 Å². The minimum absolute atomic E-state index is 0.172. The summed E-state index contributed by atoms with van der Waals surface area (Å²) in [5.74, 6) is 0. The number of fused-ring (bicyclic) bond motifs is 7. The minimum atomic E-state index is -0.172. The predicted octanol–water partition coefficient (Wildman–Crippen LogP) is 14.4. The molecule has 0 fully saturated rings. The number of nitrogens with one attached hydrogen (secondary N) is 1. The highest BCUT2D eigenvalue weighted by Gasteiger charge is 2.38. The van der Waals surface area contributed by atoms with E-state index in [4.69, 9.17) is 0 Å². The predicted molar refractivity (Wildman–Crippen MR) is 241 cm³/mol. The Morgan fingerprint density at radius 1 is 0.509 bits per heavy atom. The number of hydrogen-bond acceptors (Lipinski definition) is 3. The number of nitrogens with zero attached hydrogens (tertiary/aromatic N) is 2. The molecule has 0 atom stereocenters. The second-order valence-corrected chi connectivity index (χ2v) is 15.3. The summed E-state index contributed by atoms with van der Waals surface area (Å²) in [5.41, 5.74) is 17.8. The lowest BCUT2D eigenvalue weighted by atomic mass is 9.76. The first-order chi connectivity index (χ1) is 28.0. The zero-order valence-corrected chi connectivity index (χ0v) is 32.0. The number of aromatic nitrogens is 1. The maximum atomic E-state index is 4.35. The molecule has 0 saturated heterocycles. The Morgan fingerprint density at radius 3 is 2.12 bits per heavy atom. The van der Waals surface area contributed by atoms with Gasteiger partial charge in [-0.2, -0.15) is 0 Å². The van der Waals surface area contributed by atoms with Crippen LogP contribution in [0.25, 0.3) is 55.3 Å². The van der Waals surface area contributed by atoms with Gasteiger partial charge in [0, 0.05) is 57.6 Å². The Balaban J connectivity index is 1.10. The monoisotopic (exact) mass is 731 g/mol. The summed E-state index contributed by atoms with van der Waals surface area (Å²) in [6, 6.07) is 61.6. The Labute approximate surface area is 334 Å². The second-order valence-electron chi connectivity index (χ2n) is 15.3. The van der Waals surface area contributed by atoms with Gasteiger partial charge in [-0.15, -0.1) is 0 Å². The van der Waals surface area contributed by atoms with E-state index in [1.54, 1.807) is 0 Å². The standard InChI is InChI=1S/C54H41N3/c1-54(2)50-24-10-8-21-46(50)48-23-12-13-31-56-51-29-27-38(35-49(51)45-20-6-7-22-47(45)53(48)54)37-15-14-16-40(33-37)44-19-9-11-25-52(44)57(42-17-4-3-5-18-42)43-28-26-41-36-55-32-30-39(41)34-43/h3-36,56H,1-2H3/b23-12-,31-13+. The van der Waals surface area contributed by atoms with E-state index in [1.165, 1.54) is 39.0 Å². The molecule has 0 spiro atoms. The molecule has 1 aliphatic carbocycles. The number of rotatable bonds is 5. The van der Waals surface area contributed by atoms with Crippen LogP contribution >= 0.6 is 0 Å². The molecule has 3 heteroatoms. The molecule has 10 rings (SSSR count). The van der Waals surface area contributed by atoms with Crippen molar-refractivity contribution >= 4 is 44.7 Å². The fourth-order valence-corrected chi connectivity index (χ4v) is 8.87. The van der Waals surface area contributed by atoms with Crippen LogP contribution in [0.4, 0.5) is 22.7 Å². The lowest BCUT2D eigenvalue weighted by Gasteiger charge is -2.28. The lowest BCUT2D eigenvalue weighted by Crippen LogP contribution is -2.17. The van der Waals surface area contributed by atoms with Crippen molar-refractivity contribution < 1.29 is 0 Å². The molecule has 3 nitrogen and oxygen atoms in total. The fourth-order valence-electron chi connectivity index (χ4n) is 8.87. The van der Waals surface area contributed by atoms with E-state index < -0.39 is 0 Å². The lowest BCUT2D eigenvalue weighted by molar-refractivity contribution is 0.704. The van der Waals surface area contributed by atoms with Crippen molar-refractivity contribution in [2.24, 2.45) is 0 Å². The molecule has 0 radical (unpaired) electrons. The van der Waals surface area contributed by atoms with E-state index in [0.29, 0.717) is 0 Å². The smallest absolute Gasteiger partial charge is 0.0540 e. The molecule has 0 amide bonds. The summed E-state index contributed by atoms with van der Waals surface area (Å²) in [6.45, 7) is 4.73. The van der Waals surface area contributed by atoms with Crippen LogP contribution in [0.2, 0.25) is 0 Å². The topological polar surface area (TPSA) is 28.2 Å². The number of pyridine rings is 1. The molecule has 8 aromatic rings. The largest absolute Gasteiger partial charge is 0.361 e. The molecule has 0 unspecified atom stereocenters. The van der Waals surface area contributed by atoms with Crippen molar-refractivity contribution in [1.29, 1.82) is 0 Å². The quantitative estimate of drug-likeness (QED) is 0.191. The number of anilines is 4. The van der Waals surface area contributed by atoms with Gasteiger partial charge in [-0.3, -0.25) is 4.98 Å². The number of benzene rings is 7. The van der Waals surface area contributed by atoms with Crippen LogP contribution in [-0.2, 0) is 5.41 Å². The summed E-state index contributed by atoms with van der Waals surface area (Å²) in [7, 11) is 0. The molecule has 57 heavy (non-hydrogen) atoms. The maximum absolute atomic E-state index is 4.35. The van der Waals surface area contributed by atoms with E-state index in [0.717, 1.165) is 55.8 Å². The molecule has 1 aliphatic heterocycles. The van der Waals surface area contributed by atoms with Gasteiger partial charge >= 0.3 is 0 Å². The Bertz CT molecular complexity index is 2910. The van der Waals surface area contributed by atoms with E-state index in [-0.39, 0.29) is 5.41 Å². The van der Waals surface area contributed by atoms with Crippen molar-refractivity contribution in [2.45, 2.75) is 19.3 Å². The maximum Gasteiger partial charge on any atom is 0.0540 e. The highest BCUT2D eigenvalue weighted by atomic mass is 15.1. The van der Waals surface area contributed by atoms with Gasteiger partial charge in [-0.25, -0.2) is 0 Å². The van der Waals surface area contributed by atoms with Crippen LogP contribution in [0.15, 0.2) is 207 Å². The number of para-hydroxylation sites is 2. The third kappa shape index (κ3) is 6.05. The molecular weight excluding hydrogens is 691 g/mol. The molecule has 0 bridgehead atoms. The van der Waals surface area contributed by atoms with Crippen LogP contribution < -0.4 is 10.2 Å². The third-order valence-electron chi connectivity index (χ3n) is 11.5. The van der Waals surface area contributed by atoms with Crippen molar-refractivity contribution in [3.05, 3.63) is 223 Å². The zero-order chi connectivity index (χ0) is 38.3. The Hall–Kier alpha value is -7.23. The highest BCUT2D eigenvalue weighted by Crippen LogP contribution is 2.54. The summed E-state index contributed by atoms with van der Waals surface area (Å²) in [5, 5.41) is 5.90. The first-order valence-corrected chi connectivity index (χ1v) is 19.6. The zero-order valence-electron chi connectivity index (χ0n) is 32.0. The first-order valence-electron chi connectivity index (χ1n) is 19.6. The van der Waals surface area contributed by atoms with Crippen LogP contribution in [0, 0.1) is 0 Å². The molecule has 1 N–H and O–H groups in total. The molecule has 0 saturated carbocycles. The van der Waals surface area contributed by atoms with Gasteiger partial charge in [0.1, 0.15) is 0 Å². The van der Waals surface area contributed by atoms with E-state index >= 15 is 0 Å². The summed E-state index contributed by atoms with van der Waals surface area (Å²) in [6.07, 6.45) is 12.4. The fraction of sp³-hybridized carbons (Fsp3) is 0.0556. The molecule has 1 aromatic heterocycles. The number of allylic oxidation sites excluding steroid dienone is 5. The molecule has 2 aliphatic rings. The average Bonchev–Trinajstić information content (AvgIpc) is 3.47. The third-order valence-corrected chi connectivity index (χ3v) is 11.5. The molecule has 7 aromatic carbocycles. The van der Waals surface area contributed by atoms with E-state index in [1.807, 2.05) is 18.6 Å². The van der Waals surface area contributed by atoms with Gasteiger partial charge in [0.15, 0.2) is 0 Å². The molecule has 2 heterocycles.